The number of hydrogen-bond acceptors (Lipinski definition) is 4. The van der Waals surface area contributed by atoms with Crippen molar-refractivity contribution in [2.75, 3.05) is 0 Å². The van der Waals surface area contributed by atoms with Crippen LogP contribution in [0.15, 0.2) is 36.4 Å². The van der Waals surface area contributed by atoms with E-state index in [-0.39, 0.29) is 16.3 Å². The number of phenols is 1. The molecule has 3 aromatic rings. The molecule has 168 valence electrons. The van der Waals surface area contributed by atoms with Crippen molar-refractivity contribution in [3.05, 3.63) is 64.1 Å². The molecule has 1 unspecified atom stereocenters. The maximum atomic E-state index is 14.0. The van der Waals surface area contributed by atoms with Crippen LogP contribution in [0.3, 0.4) is 0 Å². The predicted octanol–water partition coefficient (Wildman–Crippen LogP) is 4.22. The van der Waals surface area contributed by atoms with Crippen LogP contribution < -0.4 is 5.32 Å². The molecule has 1 atom stereocenters. The Balaban J connectivity index is 2.16. The molecule has 1 heterocycles. The van der Waals surface area contributed by atoms with Gasteiger partial charge in [-0.3, -0.25) is 14.2 Å². The molecule has 0 aliphatic heterocycles. The number of nitrogens with one attached hydrogen (secondary N) is 1. The molecule has 0 aliphatic carbocycles. The molecule has 0 bridgehead atoms. The predicted molar refractivity (Wildman–Crippen MR) is 118 cm³/mol. The number of fused-ring (bicyclic) bond motifs is 1. The number of rotatable bonds is 5. The van der Waals surface area contributed by atoms with E-state index in [0.29, 0.717) is 22.2 Å². The number of phenolic OH excluding ortho intramolecular Hbond substituents is 1. The fraction of sp³-hybridized carbons (Fsp3) is 0.261. The van der Waals surface area contributed by atoms with Gasteiger partial charge < -0.3 is 15.5 Å². The Kier molecular flexibility index (Phi) is 6.02. The summed E-state index contributed by atoms with van der Waals surface area (Å²) in [5.74, 6) is -3.97. The number of halogens is 2. The third-order valence-corrected chi connectivity index (χ3v) is 5.71. The third kappa shape index (κ3) is 4.05. The van der Waals surface area contributed by atoms with Crippen LogP contribution in [0, 0.1) is 12.7 Å². The molecule has 0 fully saturated rings. The van der Waals surface area contributed by atoms with E-state index in [0.717, 1.165) is 6.07 Å². The lowest BCUT2D eigenvalue weighted by atomic mass is 9.95. The Bertz CT molecular complexity index is 1260. The second-order valence-corrected chi connectivity index (χ2v) is 8.52. The van der Waals surface area contributed by atoms with E-state index < -0.39 is 35.1 Å². The Morgan fingerprint density at radius 3 is 2.41 bits per heavy atom. The van der Waals surface area contributed by atoms with Gasteiger partial charge in [0, 0.05) is 16.6 Å². The minimum Gasteiger partial charge on any atom is -0.508 e. The number of aromatic nitrogens is 1. The van der Waals surface area contributed by atoms with Gasteiger partial charge in [-0.2, -0.15) is 0 Å². The molecule has 0 saturated heterocycles. The Morgan fingerprint density at radius 2 is 1.81 bits per heavy atom. The Labute approximate surface area is 188 Å². The average molecular weight is 461 g/mol. The molecule has 3 N–H and O–H groups in total. The van der Waals surface area contributed by atoms with Crippen molar-refractivity contribution in [2.24, 2.45) is 0 Å². The zero-order valence-electron chi connectivity index (χ0n) is 17.9. The van der Waals surface area contributed by atoms with Crippen molar-refractivity contribution in [3.8, 4) is 5.75 Å². The average Bonchev–Trinajstić information content (AvgIpc) is 2.99. The van der Waals surface area contributed by atoms with Gasteiger partial charge in [0.05, 0.1) is 16.5 Å². The second-order valence-electron chi connectivity index (χ2n) is 8.11. The van der Waals surface area contributed by atoms with Gasteiger partial charge in [-0.25, -0.2) is 9.18 Å². The van der Waals surface area contributed by atoms with E-state index in [1.165, 1.54) is 48.7 Å². The standard InChI is InChI=1S/C23H22ClFN2O5/c1-11(20(29)26-23(3,4)22(31)32)19-12(2)27(18-8-6-14(28)10-15(18)19)21(30)13-5-7-16(24)17(25)9-13/h5-11,28H,1-4H3,(H,26,29)(H,31,32). The van der Waals surface area contributed by atoms with Gasteiger partial charge in [0.15, 0.2) is 0 Å². The van der Waals surface area contributed by atoms with Crippen LogP contribution in [-0.4, -0.2) is 38.1 Å². The molecule has 0 spiro atoms. The number of carboxylic acids is 1. The Morgan fingerprint density at radius 1 is 1.16 bits per heavy atom. The molecular weight excluding hydrogens is 439 g/mol. The van der Waals surface area contributed by atoms with E-state index in [1.54, 1.807) is 13.8 Å². The zero-order valence-corrected chi connectivity index (χ0v) is 18.6. The molecule has 0 aliphatic rings. The highest BCUT2D eigenvalue weighted by molar-refractivity contribution is 6.30. The minimum absolute atomic E-state index is 0.0515. The van der Waals surface area contributed by atoms with E-state index in [2.05, 4.69) is 5.32 Å². The van der Waals surface area contributed by atoms with Gasteiger partial charge in [-0.1, -0.05) is 11.6 Å². The fourth-order valence-electron chi connectivity index (χ4n) is 3.60. The van der Waals surface area contributed by atoms with Crippen LogP contribution in [0.1, 0.15) is 48.3 Å². The molecule has 0 radical (unpaired) electrons. The van der Waals surface area contributed by atoms with Crippen LogP contribution in [0.5, 0.6) is 5.75 Å². The van der Waals surface area contributed by atoms with Crippen molar-refractivity contribution in [3.63, 3.8) is 0 Å². The van der Waals surface area contributed by atoms with Crippen molar-refractivity contribution in [1.82, 2.24) is 9.88 Å². The summed E-state index contributed by atoms with van der Waals surface area (Å²) in [6.07, 6.45) is 0. The third-order valence-electron chi connectivity index (χ3n) is 5.40. The number of carbonyl (C=O) groups is 3. The zero-order chi connectivity index (χ0) is 24.0. The van der Waals surface area contributed by atoms with Crippen LogP contribution in [-0.2, 0) is 9.59 Å². The number of carbonyl (C=O) groups excluding carboxylic acids is 2. The summed E-state index contributed by atoms with van der Waals surface area (Å²) in [6.45, 7) is 5.93. The molecule has 2 aromatic carbocycles. The normalized spacial score (nSPS) is 12.6. The molecule has 9 heteroatoms. The maximum absolute atomic E-state index is 14.0. The summed E-state index contributed by atoms with van der Waals surface area (Å²) >= 11 is 5.72. The van der Waals surface area contributed by atoms with Crippen LogP contribution in [0.4, 0.5) is 4.39 Å². The first-order chi connectivity index (χ1) is 14.8. The van der Waals surface area contributed by atoms with Crippen LogP contribution in [0.2, 0.25) is 5.02 Å². The van der Waals surface area contributed by atoms with Crippen molar-refractivity contribution >= 4 is 40.3 Å². The van der Waals surface area contributed by atoms with E-state index >= 15 is 0 Å². The smallest absolute Gasteiger partial charge is 0.328 e. The number of amides is 1. The van der Waals surface area contributed by atoms with Gasteiger partial charge in [-0.05, 0) is 69.7 Å². The summed E-state index contributed by atoms with van der Waals surface area (Å²) < 4.78 is 15.3. The summed E-state index contributed by atoms with van der Waals surface area (Å²) in [7, 11) is 0. The first-order valence-electron chi connectivity index (χ1n) is 9.74. The topological polar surface area (TPSA) is 109 Å². The number of hydrogen-bond donors (Lipinski definition) is 3. The summed E-state index contributed by atoms with van der Waals surface area (Å²) in [6, 6.07) is 8.05. The van der Waals surface area contributed by atoms with Gasteiger partial charge >= 0.3 is 5.97 Å². The van der Waals surface area contributed by atoms with E-state index in [4.69, 9.17) is 11.6 Å². The first kappa shape index (κ1) is 23.3. The molecule has 3 rings (SSSR count). The summed E-state index contributed by atoms with van der Waals surface area (Å²) in [5, 5.41) is 22.1. The van der Waals surface area contributed by atoms with E-state index in [9.17, 15) is 29.0 Å². The van der Waals surface area contributed by atoms with Gasteiger partial charge in [0.2, 0.25) is 5.91 Å². The Hall–Kier alpha value is -3.39. The highest BCUT2D eigenvalue weighted by atomic mass is 35.5. The number of aromatic hydroxyl groups is 1. The maximum Gasteiger partial charge on any atom is 0.328 e. The van der Waals surface area contributed by atoms with Crippen molar-refractivity contribution in [1.29, 1.82) is 0 Å². The second kappa shape index (κ2) is 8.27. The van der Waals surface area contributed by atoms with Gasteiger partial charge in [0.25, 0.3) is 5.91 Å². The molecule has 32 heavy (non-hydrogen) atoms. The number of aliphatic carboxylic acids is 1. The van der Waals surface area contributed by atoms with Crippen molar-refractivity contribution in [2.45, 2.75) is 39.2 Å². The quantitative estimate of drug-likeness (QED) is 0.528. The molecule has 1 aromatic heterocycles. The molecule has 0 saturated carbocycles. The minimum atomic E-state index is -1.50. The number of benzene rings is 2. The number of carboxylic acid groups (broad SMARTS) is 1. The van der Waals surface area contributed by atoms with Gasteiger partial charge in [0.1, 0.15) is 17.1 Å². The SMILES string of the molecule is Cc1c(C(C)C(=O)NC(C)(C)C(=O)O)c2cc(O)ccc2n1C(=O)c1ccc(Cl)c(F)c1. The summed E-state index contributed by atoms with van der Waals surface area (Å²) in [5.41, 5.74) is -0.196. The lowest BCUT2D eigenvalue weighted by Gasteiger charge is -2.23. The van der Waals surface area contributed by atoms with Gasteiger partial charge in [-0.15, -0.1) is 0 Å². The van der Waals surface area contributed by atoms with Crippen LogP contribution in [0.25, 0.3) is 10.9 Å². The summed E-state index contributed by atoms with van der Waals surface area (Å²) in [4.78, 5) is 37.6. The lowest BCUT2D eigenvalue weighted by molar-refractivity contribution is -0.146. The molecule has 7 nitrogen and oxygen atoms in total. The molecular formula is C23H22ClFN2O5. The van der Waals surface area contributed by atoms with E-state index in [1.807, 2.05) is 0 Å². The van der Waals surface area contributed by atoms with Crippen LogP contribution >= 0.6 is 11.6 Å². The largest absolute Gasteiger partial charge is 0.508 e. The molecule has 1 amide bonds. The fourth-order valence-corrected chi connectivity index (χ4v) is 3.72. The first-order valence-corrected chi connectivity index (χ1v) is 10.1. The lowest BCUT2D eigenvalue weighted by Crippen LogP contribution is -2.50. The highest BCUT2D eigenvalue weighted by Crippen LogP contribution is 2.35. The number of nitrogens with zero attached hydrogens (tertiary/aromatic N) is 1. The highest BCUT2D eigenvalue weighted by Gasteiger charge is 2.33. The van der Waals surface area contributed by atoms with Crippen molar-refractivity contribution < 1.29 is 29.0 Å². The monoisotopic (exact) mass is 460 g/mol.